The van der Waals surface area contributed by atoms with E-state index in [0.29, 0.717) is 19.0 Å². The van der Waals surface area contributed by atoms with Crippen molar-refractivity contribution in [2.24, 2.45) is 5.92 Å². The molecule has 0 saturated carbocycles. The summed E-state index contributed by atoms with van der Waals surface area (Å²) in [5.41, 5.74) is 1.95. The van der Waals surface area contributed by atoms with Crippen molar-refractivity contribution in [1.29, 1.82) is 0 Å². The molecule has 0 radical (unpaired) electrons. The monoisotopic (exact) mass is 254 g/mol. The highest BCUT2D eigenvalue weighted by Gasteiger charge is 2.26. The van der Waals surface area contributed by atoms with Crippen LogP contribution in [0.4, 0.5) is 10.5 Å². The number of carbonyl (C=O) groups excluding carboxylic acids is 1. The van der Waals surface area contributed by atoms with Crippen molar-refractivity contribution < 1.29 is 9.90 Å². The molecule has 17 heavy (non-hydrogen) atoms. The average molecular weight is 254 g/mol. The van der Waals surface area contributed by atoms with Crippen molar-refractivity contribution in [3.05, 3.63) is 16.3 Å². The molecule has 2 N–H and O–H groups in total. The smallest absolute Gasteiger partial charge is 0.321 e. The highest BCUT2D eigenvalue weighted by molar-refractivity contribution is 7.08. The summed E-state index contributed by atoms with van der Waals surface area (Å²) in [5, 5.41) is 16.5. The number of urea groups is 1. The van der Waals surface area contributed by atoms with Crippen molar-refractivity contribution in [2.75, 3.05) is 18.4 Å². The molecule has 5 heteroatoms. The second-order valence-electron chi connectivity index (χ2n) is 4.80. The summed E-state index contributed by atoms with van der Waals surface area (Å²) >= 11 is 1.57. The molecule has 0 spiro atoms. The lowest BCUT2D eigenvalue weighted by Crippen LogP contribution is -2.47. The molecule has 0 bridgehead atoms. The van der Waals surface area contributed by atoms with Gasteiger partial charge in [-0.3, -0.25) is 0 Å². The maximum atomic E-state index is 12.0. The minimum atomic E-state index is -0.395. The van der Waals surface area contributed by atoms with Gasteiger partial charge >= 0.3 is 6.03 Å². The molecule has 0 aromatic carbocycles. The number of β-amino-alcohol motifs (C(OH)–C–C–N with tert-alkyl or cyclic N) is 1. The van der Waals surface area contributed by atoms with Crippen LogP contribution in [0.5, 0.6) is 0 Å². The second-order valence-corrected chi connectivity index (χ2v) is 5.54. The third-order valence-electron chi connectivity index (χ3n) is 3.02. The number of amides is 2. The molecule has 94 valence electrons. The van der Waals surface area contributed by atoms with E-state index >= 15 is 0 Å². The summed E-state index contributed by atoms with van der Waals surface area (Å²) in [4.78, 5) is 13.7. The van der Waals surface area contributed by atoms with Gasteiger partial charge in [0.25, 0.3) is 0 Å². The van der Waals surface area contributed by atoms with Crippen molar-refractivity contribution in [2.45, 2.75) is 26.4 Å². The van der Waals surface area contributed by atoms with E-state index in [0.717, 1.165) is 17.7 Å². The summed E-state index contributed by atoms with van der Waals surface area (Å²) in [6, 6.07) is -0.114. The molecule has 0 unspecified atom stereocenters. The van der Waals surface area contributed by atoms with Crippen LogP contribution in [-0.2, 0) is 0 Å². The van der Waals surface area contributed by atoms with Crippen LogP contribution < -0.4 is 5.32 Å². The van der Waals surface area contributed by atoms with Gasteiger partial charge in [0, 0.05) is 18.5 Å². The van der Waals surface area contributed by atoms with Crippen molar-refractivity contribution in [1.82, 2.24) is 4.90 Å². The molecule has 2 amide bonds. The van der Waals surface area contributed by atoms with Crippen LogP contribution in [0.25, 0.3) is 0 Å². The van der Waals surface area contributed by atoms with Crippen molar-refractivity contribution >= 4 is 23.1 Å². The fraction of sp³-hybridized carbons (Fsp3) is 0.583. The molecular formula is C12H18N2O2S. The molecule has 1 aromatic heterocycles. The zero-order valence-corrected chi connectivity index (χ0v) is 11.0. The van der Waals surface area contributed by atoms with E-state index in [2.05, 4.69) is 12.2 Å². The predicted molar refractivity (Wildman–Crippen MR) is 69.4 cm³/mol. The van der Waals surface area contributed by atoms with Crippen LogP contribution in [0.3, 0.4) is 0 Å². The fourth-order valence-corrected chi connectivity index (χ4v) is 2.95. The lowest BCUT2D eigenvalue weighted by atomic mass is 9.98. The van der Waals surface area contributed by atoms with E-state index in [9.17, 15) is 9.90 Å². The van der Waals surface area contributed by atoms with Crippen LogP contribution in [0.2, 0.25) is 0 Å². The number of nitrogens with zero attached hydrogens (tertiary/aromatic N) is 1. The third-order valence-corrected chi connectivity index (χ3v) is 3.88. The Morgan fingerprint density at radius 3 is 2.88 bits per heavy atom. The molecular weight excluding hydrogens is 236 g/mol. The summed E-state index contributed by atoms with van der Waals surface area (Å²) < 4.78 is 0. The molecule has 2 rings (SSSR count). The van der Waals surface area contributed by atoms with Crippen LogP contribution in [0.15, 0.2) is 10.8 Å². The maximum absolute atomic E-state index is 12.0. The Hall–Kier alpha value is -1.07. The van der Waals surface area contributed by atoms with E-state index < -0.39 is 6.10 Å². The number of hydrogen-bond donors (Lipinski definition) is 2. The van der Waals surface area contributed by atoms with Gasteiger partial charge in [-0.25, -0.2) is 4.79 Å². The number of nitrogens with one attached hydrogen (secondary N) is 1. The Morgan fingerprint density at radius 1 is 1.53 bits per heavy atom. The highest BCUT2D eigenvalue weighted by Crippen LogP contribution is 2.21. The Morgan fingerprint density at radius 2 is 2.29 bits per heavy atom. The minimum Gasteiger partial charge on any atom is -0.391 e. The minimum absolute atomic E-state index is 0.114. The standard InChI is InChI=1S/C12H18N2O2S/c1-8-3-10(15)5-14(4-8)12(16)13-11-7-17-6-9(11)2/h6-8,10,15H,3-5H2,1-2H3,(H,13,16)/t8-,10+/m1/s1. The molecule has 1 fully saturated rings. The number of aliphatic hydroxyl groups excluding tert-OH is 1. The first-order chi connectivity index (χ1) is 8.06. The van der Waals surface area contributed by atoms with Gasteiger partial charge in [-0.2, -0.15) is 0 Å². The number of anilines is 1. The van der Waals surface area contributed by atoms with Gasteiger partial charge in [-0.15, -0.1) is 11.3 Å². The number of aryl methyl sites for hydroxylation is 1. The molecule has 2 heterocycles. The van der Waals surface area contributed by atoms with Crippen LogP contribution in [0, 0.1) is 12.8 Å². The molecule has 1 aromatic rings. The fourth-order valence-electron chi connectivity index (χ4n) is 2.17. The number of carbonyl (C=O) groups is 1. The Kier molecular flexibility index (Phi) is 3.69. The third kappa shape index (κ3) is 2.98. The van der Waals surface area contributed by atoms with E-state index in [1.54, 1.807) is 16.2 Å². The average Bonchev–Trinajstić information content (AvgIpc) is 2.63. The summed E-state index contributed by atoms with van der Waals surface area (Å²) in [6.45, 7) is 5.17. The molecule has 1 saturated heterocycles. The van der Waals surface area contributed by atoms with Gasteiger partial charge in [0.15, 0.2) is 0 Å². The SMILES string of the molecule is Cc1cscc1NC(=O)N1C[C@H](C)C[C@H](O)C1. The molecule has 4 nitrogen and oxygen atoms in total. The first-order valence-electron chi connectivity index (χ1n) is 5.83. The zero-order chi connectivity index (χ0) is 12.4. The maximum Gasteiger partial charge on any atom is 0.321 e. The Labute approximate surface area is 105 Å². The number of thiophene rings is 1. The molecule has 1 aliphatic heterocycles. The van der Waals surface area contributed by atoms with Gasteiger partial charge in [-0.05, 0) is 30.2 Å². The van der Waals surface area contributed by atoms with Crippen molar-refractivity contribution in [3.8, 4) is 0 Å². The van der Waals surface area contributed by atoms with Gasteiger partial charge in [0.05, 0.1) is 11.8 Å². The first-order valence-corrected chi connectivity index (χ1v) is 6.77. The number of aliphatic hydroxyl groups is 1. The predicted octanol–water partition coefficient (Wildman–Crippen LogP) is 2.29. The summed E-state index contributed by atoms with van der Waals surface area (Å²) in [6.07, 6.45) is 0.384. The number of rotatable bonds is 1. The quantitative estimate of drug-likeness (QED) is 0.808. The van der Waals surface area contributed by atoms with E-state index in [4.69, 9.17) is 0 Å². The normalized spacial score (nSPS) is 24.8. The Bertz CT molecular complexity index is 395. The second kappa shape index (κ2) is 5.06. The lowest BCUT2D eigenvalue weighted by Gasteiger charge is -2.34. The Balaban J connectivity index is 1.98. The summed E-state index contributed by atoms with van der Waals surface area (Å²) in [5.74, 6) is 0.355. The van der Waals surface area contributed by atoms with E-state index in [1.165, 1.54) is 0 Å². The summed E-state index contributed by atoms with van der Waals surface area (Å²) in [7, 11) is 0. The van der Waals surface area contributed by atoms with Gasteiger partial charge in [0.1, 0.15) is 0 Å². The molecule has 0 aliphatic carbocycles. The number of hydrogen-bond acceptors (Lipinski definition) is 3. The largest absolute Gasteiger partial charge is 0.391 e. The number of likely N-dealkylation sites (tertiary alicyclic amines) is 1. The first kappa shape index (κ1) is 12.4. The van der Waals surface area contributed by atoms with E-state index in [-0.39, 0.29) is 6.03 Å². The molecule has 2 atom stereocenters. The van der Waals surface area contributed by atoms with Crippen LogP contribution in [0.1, 0.15) is 18.9 Å². The van der Waals surface area contributed by atoms with Crippen LogP contribution in [-0.4, -0.2) is 35.2 Å². The topological polar surface area (TPSA) is 52.6 Å². The van der Waals surface area contributed by atoms with Gasteiger partial charge in [-0.1, -0.05) is 6.92 Å². The lowest BCUT2D eigenvalue weighted by molar-refractivity contribution is 0.0640. The highest BCUT2D eigenvalue weighted by atomic mass is 32.1. The number of piperidine rings is 1. The van der Waals surface area contributed by atoms with Gasteiger partial charge in [0.2, 0.25) is 0 Å². The zero-order valence-electron chi connectivity index (χ0n) is 10.1. The van der Waals surface area contributed by atoms with Crippen LogP contribution >= 0.6 is 11.3 Å². The van der Waals surface area contributed by atoms with Crippen molar-refractivity contribution in [3.63, 3.8) is 0 Å². The molecule has 1 aliphatic rings. The van der Waals surface area contributed by atoms with Gasteiger partial charge < -0.3 is 15.3 Å². The van der Waals surface area contributed by atoms with E-state index in [1.807, 2.05) is 17.7 Å².